The molecule has 3 nitrogen and oxygen atoms in total. The number of phenolic OH excluding ortho intramolecular Hbond substituents is 1. The summed E-state index contributed by atoms with van der Waals surface area (Å²) in [5.74, 6) is 0.238. The van der Waals surface area contributed by atoms with Crippen LogP contribution in [0.15, 0.2) is 72.8 Å². The predicted octanol–water partition coefficient (Wildman–Crippen LogP) is 4.96. The molecule has 0 spiro atoms. The minimum Gasteiger partial charge on any atom is -0.507 e. The largest absolute Gasteiger partial charge is 0.507 e. The zero-order valence-corrected chi connectivity index (χ0v) is 16.9. The van der Waals surface area contributed by atoms with Gasteiger partial charge in [0, 0.05) is 27.4 Å². The van der Waals surface area contributed by atoms with Crippen LogP contribution in [0.3, 0.4) is 0 Å². The van der Waals surface area contributed by atoms with Crippen molar-refractivity contribution in [1.29, 1.82) is 0 Å². The van der Waals surface area contributed by atoms with Crippen LogP contribution in [0.4, 0.5) is 0 Å². The lowest BCUT2D eigenvalue weighted by Gasteiger charge is -2.30. The number of quaternary nitrogens is 1. The molecule has 3 aromatic rings. The number of nitrogens with one attached hydrogen (secondary N) is 1. The van der Waals surface area contributed by atoms with E-state index >= 15 is 0 Å². The van der Waals surface area contributed by atoms with E-state index in [1.54, 1.807) is 12.1 Å². The molecular weight excluding hydrogens is 391 g/mol. The molecular formula is C23H21Cl2N2O+. The van der Waals surface area contributed by atoms with Gasteiger partial charge in [-0.15, -0.1) is 0 Å². The highest BCUT2D eigenvalue weighted by atomic mass is 35.5. The van der Waals surface area contributed by atoms with Crippen LogP contribution in [0.1, 0.15) is 34.5 Å². The monoisotopic (exact) mass is 411 g/mol. The summed E-state index contributed by atoms with van der Waals surface area (Å²) in [4.78, 5) is 0. The molecule has 0 aromatic heterocycles. The number of aryl methyl sites for hydroxylation is 1. The van der Waals surface area contributed by atoms with E-state index in [-0.39, 0.29) is 18.0 Å². The first-order valence-corrected chi connectivity index (χ1v) is 9.89. The van der Waals surface area contributed by atoms with E-state index in [1.807, 2.05) is 30.3 Å². The Labute approximate surface area is 174 Å². The number of hydrogen-bond donors (Lipinski definition) is 3. The highest BCUT2D eigenvalue weighted by Gasteiger charge is 2.29. The SMILES string of the molecule is Cc1ccc(C2=CC(c3cc(Cl)ccc3O)[NH2+]C(c3ccc(Cl)cc3)N2)cc1. The van der Waals surface area contributed by atoms with E-state index < -0.39 is 0 Å². The molecule has 1 aliphatic rings. The molecule has 4 N–H and O–H groups in total. The van der Waals surface area contributed by atoms with E-state index in [0.717, 1.165) is 22.4 Å². The van der Waals surface area contributed by atoms with Crippen LogP contribution in [-0.4, -0.2) is 5.11 Å². The van der Waals surface area contributed by atoms with Crippen LogP contribution in [-0.2, 0) is 0 Å². The summed E-state index contributed by atoms with van der Waals surface area (Å²) < 4.78 is 0. The topological polar surface area (TPSA) is 48.9 Å². The van der Waals surface area contributed by atoms with Crippen LogP contribution in [0.5, 0.6) is 5.75 Å². The molecule has 0 amide bonds. The van der Waals surface area contributed by atoms with Gasteiger partial charge in [0.1, 0.15) is 11.8 Å². The normalized spacial score (nSPS) is 19.0. The molecule has 1 aliphatic heterocycles. The van der Waals surface area contributed by atoms with Gasteiger partial charge < -0.3 is 15.7 Å². The molecule has 0 aliphatic carbocycles. The van der Waals surface area contributed by atoms with Gasteiger partial charge in [0.15, 0.2) is 6.17 Å². The second kappa shape index (κ2) is 7.88. The minimum absolute atomic E-state index is 0.0260. The number of aromatic hydroxyl groups is 1. The van der Waals surface area contributed by atoms with E-state index in [9.17, 15) is 5.11 Å². The zero-order valence-electron chi connectivity index (χ0n) is 15.4. The first-order chi connectivity index (χ1) is 13.5. The maximum absolute atomic E-state index is 10.4. The summed E-state index contributed by atoms with van der Waals surface area (Å²) in [6, 6.07) is 21.3. The standard InChI is InChI=1S/C23H20Cl2N2O/c1-14-2-4-15(5-3-14)20-13-21(19-12-18(25)10-11-22(19)28)27-23(26-20)16-6-8-17(24)9-7-16/h2-13,21,23,26-28H,1H3/p+1. The zero-order chi connectivity index (χ0) is 19.7. The fourth-order valence-electron chi connectivity index (χ4n) is 3.47. The molecule has 3 aromatic carbocycles. The fourth-order valence-corrected chi connectivity index (χ4v) is 3.78. The van der Waals surface area contributed by atoms with E-state index in [0.29, 0.717) is 10.0 Å². The Hall–Kier alpha value is -2.46. The number of nitrogens with two attached hydrogens (primary N) is 1. The Kier molecular flexibility index (Phi) is 5.31. The third-order valence-corrected chi connectivity index (χ3v) is 5.48. The lowest BCUT2D eigenvalue weighted by atomic mass is 9.97. The average molecular weight is 412 g/mol. The molecule has 0 saturated heterocycles. The van der Waals surface area contributed by atoms with Crippen LogP contribution in [0.2, 0.25) is 10.0 Å². The Morgan fingerprint density at radius 3 is 2.29 bits per heavy atom. The Morgan fingerprint density at radius 1 is 0.893 bits per heavy atom. The third-order valence-electron chi connectivity index (χ3n) is 5.00. The van der Waals surface area contributed by atoms with Crippen molar-refractivity contribution >= 4 is 28.9 Å². The Balaban J connectivity index is 1.76. The third kappa shape index (κ3) is 4.02. The average Bonchev–Trinajstić information content (AvgIpc) is 2.70. The predicted molar refractivity (Wildman–Crippen MR) is 114 cm³/mol. The lowest BCUT2D eigenvalue weighted by molar-refractivity contribution is -0.731. The van der Waals surface area contributed by atoms with Gasteiger partial charge in [-0.2, -0.15) is 0 Å². The van der Waals surface area contributed by atoms with Crippen LogP contribution in [0, 0.1) is 6.92 Å². The van der Waals surface area contributed by atoms with Gasteiger partial charge in [-0.3, -0.25) is 0 Å². The summed E-state index contributed by atoms with van der Waals surface area (Å²) in [5, 5.41) is 17.5. The van der Waals surface area contributed by atoms with E-state index in [1.165, 1.54) is 5.56 Å². The van der Waals surface area contributed by atoms with Gasteiger partial charge in [0.25, 0.3) is 0 Å². The van der Waals surface area contributed by atoms with Gasteiger partial charge in [-0.05, 0) is 55.0 Å². The molecule has 28 heavy (non-hydrogen) atoms. The summed E-state index contributed by atoms with van der Waals surface area (Å²) >= 11 is 12.3. The number of benzene rings is 3. The van der Waals surface area contributed by atoms with E-state index in [2.05, 4.69) is 47.9 Å². The molecule has 2 unspecified atom stereocenters. The molecule has 0 radical (unpaired) electrons. The number of hydrogen-bond acceptors (Lipinski definition) is 2. The second-order valence-corrected chi connectivity index (χ2v) is 7.91. The van der Waals surface area contributed by atoms with Crippen molar-refractivity contribution in [2.24, 2.45) is 0 Å². The number of phenols is 1. The number of halogens is 2. The maximum Gasteiger partial charge on any atom is 0.186 e. The molecule has 142 valence electrons. The van der Waals surface area contributed by atoms with Crippen molar-refractivity contribution < 1.29 is 10.4 Å². The quantitative estimate of drug-likeness (QED) is 0.570. The molecule has 0 fully saturated rings. The second-order valence-electron chi connectivity index (χ2n) is 7.04. The summed E-state index contributed by atoms with van der Waals surface area (Å²) in [6.07, 6.45) is 2.10. The van der Waals surface area contributed by atoms with Gasteiger partial charge in [-0.25, -0.2) is 0 Å². The van der Waals surface area contributed by atoms with Crippen molar-refractivity contribution in [3.63, 3.8) is 0 Å². The molecule has 4 rings (SSSR count). The molecule has 2 atom stereocenters. The Morgan fingerprint density at radius 2 is 1.57 bits per heavy atom. The lowest BCUT2D eigenvalue weighted by Crippen LogP contribution is -2.89. The van der Waals surface area contributed by atoms with Crippen LogP contribution < -0.4 is 10.6 Å². The smallest absolute Gasteiger partial charge is 0.186 e. The van der Waals surface area contributed by atoms with Gasteiger partial charge in [-0.1, -0.05) is 53.0 Å². The minimum atomic E-state index is -0.0862. The first kappa shape index (κ1) is 18.9. The van der Waals surface area contributed by atoms with E-state index in [4.69, 9.17) is 23.2 Å². The Bertz CT molecular complexity index is 1010. The molecule has 0 saturated carbocycles. The summed E-state index contributed by atoms with van der Waals surface area (Å²) in [6.45, 7) is 2.07. The highest BCUT2D eigenvalue weighted by molar-refractivity contribution is 6.30. The van der Waals surface area contributed by atoms with Crippen molar-refractivity contribution in [2.45, 2.75) is 19.1 Å². The maximum atomic E-state index is 10.4. The number of rotatable bonds is 3. The van der Waals surface area contributed by atoms with Crippen LogP contribution in [0.25, 0.3) is 5.70 Å². The molecule has 0 bridgehead atoms. The van der Waals surface area contributed by atoms with Crippen molar-refractivity contribution in [3.05, 3.63) is 105 Å². The molecule has 1 heterocycles. The van der Waals surface area contributed by atoms with Gasteiger partial charge in [0.05, 0.1) is 5.56 Å². The van der Waals surface area contributed by atoms with Gasteiger partial charge >= 0.3 is 0 Å². The first-order valence-electron chi connectivity index (χ1n) is 9.14. The molecule has 5 heteroatoms. The van der Waals surface area contributed by atoms with Crippen molar-refractivity contribution in [3.8, 4) is 5.75 Å². The van der Waals surface area contributed by atoms with Crippen LogP contribution >= 0.6 is 23.2 Å². The highest BCUT2D eigenvalue weighted by Crippen LogP contribution is 2.31. The fraction of sp³-hybridized carbons (Fsp3) is 0.130. The van der Waals surface area contributed by atoms with Crippen molar-refractivity contribution in [2.75, 3.05) is 0 Å². The summed E-state index contributed by atoms with van der Waals surface area (Å²) in [5.41, 5.74) is 5.23. The van der Waals surface area contributed by atoms with Gasteiger partial charge in [0.2, 0.25) is 0 Å². The van der Waals surface area contributed by atoms with Crippen molar-refractivity contribution in [1.82, 2.24) is 5.32 Å². The summed E-state index contributed by atoms with van der Waals surface area (Å²) in [7, 11) is 0.